The minimum absolute atomic E-state index is 0.0153. The molecule has 0 saturated carbocycles. The number of aliphatic hydroxyl groups excluding tert-OH is 1. The van der Waals surface area contributed by atoms with Crippen LogP contribution in [0.3, 0.4) is 0 Å². The lowest BCUT2D eigenvalue weighted by molar-refractivity contribution is -0.145. The number of carboxylic acid groups (broad SMARTS) is 1. The molecule has 3 atom stereocenters. The highest BCUT2D eigenvalue weighted by atomic mass is 16.5. The van der Waals surface area contributed by atoms with Gasteiger partial charge in [-0.3, -0.25) is 4.79 Å². The number of carbonyl (C=O) groups is 3. The summed E-state index contributed by atoms with van der Waals surface area (Å²) < 4.78 is 4.57. The SMILES string of the molecule is COC(=O)C(C)CN(C)C(=O)N1C[C@@H](O)C[C@H]1C(=O)O. The van der Waals surface area contributed by atoms with Crippen molar-refractivity contribution in [3.63, 3.8) is 0 Å². The molecular weight excluding hydrogens is 268 g/mol. The van der Waals surface area contributed by atoms with Gasteiger partial charge in [0.1, 0.15) is 6.04 Å². The summed E-state index contributed by atoms with van der Waals surface area (Å²) in [5, 5.41) is 18.6. The molecule has 114 valence electrons. The normalized spacial score (nSPS) is 23.3. The molecular formula is C12H20N2O6. The summed E-state index contributed by atoms with van der Waals surface area (Å²) in [6, 6.07) is -1.56. The van der Waals surface area contributed by atoms with E-state index in [1.165, 1.54) is 19.1 Å². The predicted octanol–water partition coefficient (Wildman–Crippen LogP) is -0.633. The number of β-amino-alcohol motifs (C(OH)–C–C–N with tert-alkyl or cyclic N) is 1. The van der Waals surface area contributed by atoms with Crippen LogP contribution in [0.1, 0.15) is 13.3 Å². The second-order valence-corrected chi connectivity index (χ2v) is 4.98. The van der Waals surface area contributed by atoms with Gasteiger partial charge in [0.2, 0.25) is 0 Å². The average Bonchev–Trinajstić information content (AvgIpc) is 2.78. The molecule has 0 aromatic carbocycles. The van der Waals surface area contributed by atoms with Crippen molar-refractivity contribution < 1.29 is 29.3 Å². The second-order valence-electron chi connectivity index (χ2n) is 4.98. The molecule has 1 fully saturated rings. The van der Waals surface area contributed by atoms with Crippen molar-refractivity contribution in [3.8, 4) is 0 Å². The number of aliphatic hydroxyl groups is 1. The van der Waals surface area contributed by atoms with Crippen molar-refractivity contribution in [2.75, 3.05) is 27.2 Å². The molecule has 1 unspecified atom stereocenters. The van der Waals surface area contributed by atoms with E-state index in [0.29, 0.717) is 0 Å². The first-order valence-electron chi connectivity index (χ1n) is 6.28. The number of ether oxygens (including phenoxy) is 1. The average molecular weight is 288 g/mol. The number of likely N-dealkylation sites (tertiary alicyclic amines) is 1. The fraction of sp³-hybridized carbons (Fsp3) is 0.750. The molecule has 8 nitrogen and oxygen atoms in total. The van der Waals surface area contributed by atoms with Gasteiger partial charge in [0.25, 0.3) is 0 Å². The van der Waals surface area contributed by atoms with E-state index in [1.807, 2.05) is 0 Å². The van der Waals surface area contributed by atoms with Gasteiger partial charge in [-0.25, -0.2) is 9.59 Å². The number of esters is 1. The molecule has 0 aromatic heterocycles. The summed E-state index contributed by atoms with van der Waals surface area (Å²) in [4.78, 5) is 36.9. The van der Waals surface area contributed by atoms with Crippen molar-refractivity contribution >= 4 is 18.0 Å². The van der Waals surface area contributed by atoms with Gasteiger partial charge in [0.05, 0.1) is 19.1 Å². The first-order valence-corrected chi connectivity index (χ1v) is 6.28. The smallest absolute Gasteiger partial charge is 0.326 e. The lowest BCUT2D eigenvalue weighted by atomic mass is 10.2. The van der Waals surface area contributed by atoms with E-state index in [-0.39, 0.29) is 19.5 Å². The molecule has 1 aliphatic rings. The summed E-state index contributed by atoms with van der Waals surface area (Å²) in [5.41, 5.74) is 0. The number of urea groups is 1. The van der Waals surface area contributed by atoms with E-state index in [0.717, 1.165) is 4.90 Å². The minimum atomic E-state index is -1.15. The Balaban J connectivity index is 2.68. The van der Waals surface area contributed by atoms with Gasteiger partial charge >= 0.3 is 18.0 Å². The molecule has 1 saturated heterocycles. The van der Waals surface area contributed by atoms with E-state index in [1.54, 1.807) is 6.92 Å². The number of nitrogens with zero attached hydrogens (tertiary/aromatic N) is 2. The lowest BCUT2D eigenvalue weighted by Gasteiger charge is -2.28. The Morgan fingerprint density at radius 1 is 1.45 bits per heavy atom. The second kappa shape index (κ2) is 6.56. The molecule has 0 radical (unpaired) electrons. The molecule has 2 amide bonds. The van der Waals surface area contributed by atoms with Crippen LogP contribution in [-0.2, 0) is 14.3 Å². The zero-order chi connectivity index (χ0) is 15.4. The van der Waals surface area contributed by atoms with E-state index in [9.17, 15) is 19.5 Å². The fourth-order valence-electron chi connectivity index (χ4n) is 2.24. The number of rotatable bonds is 4. The monoisotopic (exact) mass is 288 g/mol. The van der Waals surface area contributed by atoms with Gasteiger partial charge < -0.3 is 24.7 Å². The number of methoxy groups -OCH3 is 1. The van der Waals surface area contributed by atoms with Gasteiger partial charge in [-0.15, -0.1) is 0 Å². The predicted molar refractivity (Wildman–Crippen MR) is 68.0 cm³/mol. The lowest BCUT2D eigenvalue weighted by Crippen LogP contribution is -2.48. The molecule has 1 aliphatic heterocycles. The molecule has 1 rings (SSSR count). The maximum Gasteiger partial charge on any atom is 0.326 e. The number of hydrogen-bond acceptors (Lipinski definition) is 5. The van der Waals surface area contributed by atoms with Crippen molar-refractivity contribution in [3.05, 3.63) is 0 Å². The first-order chi connectivity index (χ1) is 9.27. The van der Waals surface area contributed by atoms with Crippen LogP contribution in [0.4, 0.5) is 4.79 Å². The third kappa shape index (κ3) is 3.60. The molecule has 2 N–H and O–H groups in total. The third-order valence-electron chi connectivity index (χ3n) is 3.29. The summed E-state index contributed by atoms with van der Waals surface area (Å²) in [6.45, 7) is 1.71. The summed E-state index contributed by atoms with van der Waals surface area (Å²) >= 11 is 0. The minimum Gasteiger partial charge on any atom is -0.480 e. The van der Waals surface area contributed by atoms with E-state index >= 15 is 0 Å². The topological polar surface area (TPSA) is 107 Å². The number of aliphatic carboxylic acids is 1. The Hall–Kier alpha value is -1.83. The van der Waals surface area contributed by atoms with E-state index in [2.05, 4.69) is 4.74 Å². The van der Waals surface area contributed by atoms with Crippen LogP contribution in [0.15, 0.2) is 0 Å². The maximum absolute atomic E-state index is 12.2. The summed E-state index contributed by atoms with van der Waals surface area (Å²) in [5.74, 6) is -2.10. The summed E-state index contributed by atoms with van der Waals surface area (Å²) in [6.07, 6.45) is -0.826. The van der Waals surface area contributed by atoms with Crippen LogP contribution < -0.4 is 0 Å². The molecule has 0 aliphatic carbocycles. The fourth-order valence-corrected chi connectivity index (χ4v) is 2.24. The number of amides is 2. The van der Waals surface area contributed by atoms with Crippen LogP contribution >= 0.6 is 0 Å². The van der Waals surface area contributed by atoms with Crippen LogP contribution in [-0.4, -0.2) is 77.4 Å². The van der Waals surface area contributed by atoms with Crippen molar-refractivity contribution in [1.29, 1.82) is 0 Å². The maximum atomic E-state index is 12.2. The van der Waals surface area contributed by atoms with Crippen LogP contribution in [0.2, 0.25) is 0 Å². The third-order valence-corrected chi connectivity index (χ3v) is 3.29. The van der Waals surface area contributed by atoms with Gasteiger partial charge in [-0.1, -0.05) is 6.92 Å². The highest BCUT2D eigenvalue weighted by molar-refractivity contribution is 5.83. The number of carboxylic acids is 1. The Morgan fingerprint density at radius 3 is 2.55 bits per heavy atom. The number of hydrogen-bond donors (Lipinski definition) is 2. The van der Waals surface area contributed by atoms with Crippen molar-refractivity contribution in [2.24, 2.45) is 5.92 Å². The van der Waals surface area contributed by atoms with Gasteiger partial charge in [-0.05, 0) is 0 Å². The van der Waals surface area contributed by atoms with Crippen molar-refractivity contribution in [1.82, 2.24) is 9.80 Å². The van der Waals surface area contributed by atoms with Gasteiger partial charge in [0.15, 0.2) is 0 Å². The summed E-state index contributed by atoms with van der Waals surface area (Å²) in [7, 11) is 2.74. The van der Waals surface area contributed by atoms with E-state index in [4.69, 9.17) is 5.11 Å². The Labute approximate surface area is 116 Å². The van der Waals surface area contributed by atoms with Crippen molar-refractivity contribution in [2.45, 2.75) is 25.5 Å². The first kappa shape index (κ1) is 16.2. The molecule has 1 heterocycles. The molecule has 0 aromatic rings. The number of carbonyl (C=O) groups excluding carboxylic acids is 2. The van der Waals surface area contributed by atoms with Crippen LogP contribution in [0, 0.1) is 5.92 Å². The van der Waals surface area contributed by atoms with Gasteiger partial charge in [-0.2, -0.15) is 0 Å². The molecule has 8 heteroatoms. The Morgan fingerprint density at radius 2 is 2.05 bits per heavy atom. The largest absolute Gasteiger partial charge is 0.480 e. The highest BCUT2D eigenvalue weighted by Crippen LogP contribution is 2.20. The van der Waals surface area contributed by atoms with Crippen LogP contribution in [0.5, 0.6) is 0 Å². The zero-order valence-corrected chi connectivity index (χ0v) is 11.8. The zero-order valence-electron chi connectivity index (χ0n) is 11.8. The van der Waals surface area contributed by atoms with Gasteiger partial charge in [0, 0.05) is 26.6 Å². The quantitative estimate of drug-likeness (QED) is 0.667. The van der Waals surface area contributed by atoms with E-state index < -0.39 is 36.0 Å². The standard InChI is InChI=1S/C12H20N2O6/c1-7(11(18)20-3)5-13(2)12(19)14-6-8(15)4-9(14)10(16)17/h7-9,15H,4-6H2,1-3H3,(H,16,17)/t7?,8-,9-/m0/s1. The molecule has 20 heavy (non-hydrogen) atoms. The molecule has 0 bridgehead atoms. The highest BCUT2D eigenvalue weighted by Gasteiger charge is 2.40. The van der Waals surface area contributed by atoms with Crippen LogP contribution in [0.25, 0.3) is 0 Å². The molecule has 0 spiro atoms. The Kier molecular flexibility index (Phi) is 5.32. The Bertz CT molecular complexity index is 399.